The van der Waals surface area contributed by atoms with Gasteiger partial charge in [-0.25, -0.2) is 4.79 Å². The van der Waals surface area contributed by atoms with Crippen molar-refractivity contribution in [2.24, 2.45) is 0 Å². The summed E-state index contributed by atoms with van der Waals surface area (Å²) in [6.45, 7) is 2.45. The number of carbonyl (C=O) groups excluding carboxylic acids is 1. The second kappa shape index (κ2) is 17.2. The van der Waals surface area contributed by atoms with E-state index in [9.17, 15) is 9.59 Å². The molecule has 0 aliphatic heterocycles. The van der Waals surface area contributed by atoms with E-state index in [1.54, 1.807) is 0 Å². The molecule has 1 aromatic rings. The summed E-state index contributed by atoms with van der Waals surface area (Å²) in [5.74, 6) is -0.529. The molecule has 0 unspecified atom stereocenters. The zero-order chi connectivity index (χ0) is 21.2. The summed E-state index contributed by atoms with van der Waals surface area (Å²) in [4.78, 5) is 22.3. The number of rotatable bonds is 19. The van der Waals surface area contributed by atoms with Crippen LogP contribution in [0.2, 0.25) is 0 Å². The maximum atomic E-state index is 12.0. The van der Waals surface area contributed by atoms with Crippen LogP contribution in [0, 0.1) is 6.92 Å². The standard InChI is InChI=1S/C25H40O4/c1-22-15-17-23(18-16-22)20-24(26)14-12-10-8-6-4-2-3-5-7-9-11-13-19-29-21-25(27)28/h15-18H,2-14,19-21H2,1H3,(H,27,28). The smallest absolute Gasteiger partial charge is 0.329 e. The molecule has 0 aliphatic rings. The predicted molar refractivity (Wildman–Crippen MR) is 118 cm³/mol. The van der Waals surface area contributed by atoms with Crippen LogP contribution < -0.4 is 0 Å². The van der Waals surface area contributed by atoms with Crippen LogP contribution in [-0.2, 0) is 20.7 Å². The molecular weight excluding hydrogens is 364 g/mol. The Kier molecular flexibility index (Phi) is 15.0. The average molecular weight is 405 g/mol. The summed E-state index contributed by atoms with van der Waals surface area (Å²) in [6.07, 6.45) is 15.8. The topological polar surface area (TPSA) is 63.6 Å². The van der Waals surface area contributed by atoms with Gasteiger partial charge >= 0.3 is 5.97 Å². The number of unbranched alkanes of at least 4 members (excludes halogenated alkanes) is 11. The number of Topliss-reactive ketones (excluding diaryl/α,β-unsaturated/α-hetero) is 1. The van der Waals surface area contributed by atoms with Gasteiger partial charge < -0.3 is 9.84 Å². The molecule has 164 valence electrons. The van der Waals surface area contributed by atoms with Gasteiger partial charge in [0.15, 0.2) is 0 Å². The van der Waals surface area contributed by atoms with E-state index in [1.165, 1.54) is 63.4 Å². The molecule has 0 bridgehead atoms. The van der Waals surface area contributed by atoms with Crippen LogP contribution in [0.15, 0.2) is 24.3 Å². The van der Waals surface area contributed by atoms with Crippen molar-refractivity contribution in [3.63, 3.8) is 0 Å². The van der Waals surface area contributed by atoms with E-state index in [0.29, 0.717) is 18.8 Å². The number of aliphatic carboxylic acids is 1. The fourth-order valence-electron chi connectivity index (χ4n) is 3.48. The molecule has 0 radical (unpaired) electrons. The van der Waals surface area contributed by atoms with Gasteiger partial charge in [0, 0.05) is 19.4 Å². The Morgan fingerprint density at radius 3 is 1.76 bits per heavy atom. The molecule has 0 aliphatic carbocycles. The highest BCUT2D eigenvalue weighted by Crippen LogP contribution is 2.13. The molecule has 0 atom stereocenters. The van der Waals surface area contributed by atoms with Crippen molar-refractivity contribution in [1.29, 1.82) is 0 Å². The fourth-order valence-corrected chi connectivity index (χ4v) is 3.48. The van der Waals surface area contributed by atoms with Gasteiger partial charge in [-0.2, -0.15) is 0 Å². The Balaban J connectivity index is 1.79. The average Bonchev–Trinajstić information content (AvgIpc) is 2.69. The zero-order valence-corrected chi connectivity index (χ0v) is 18.3. The van der Waals surface area contributed by atoms with E-state index in [4.69, 9.17) is 9.84 Å². The highest BCUT2D eigenvalue weighted by Gasteiger charge is 2.03. The lowest BCUT2D eigenvalue weighted by Gasteiger charge is -2.04. The molecule has 0 aromatic heterocycles. The molecule has 0 fully saturated rings. The van der Waals surface area contributed by atoms with Crippen molar-refractivity contribution in [1.82, 2.24) is 0 Å². The number of ketones is 1. The van der Waals surface area contributed by atoms with E-state index < -0.39 is 5.97 Å². The molecule has 1 N–H and O–H groups in total. The third-order valence-corrected chi connectivity index (χ3v) is 5.24. The molecule has 1 rings (SSSR count). The summed E-state index contributed by atoms with van der Waals surface area (Å²) in [6, 6.07) is 8.26. The van der Waals surface area contributed by atoms with Crippen molar-refractivity contribution in [3.05, 3.63) is 35.4 Å². The molecule has 4 heteroatoms. The maximum Gasteiger partial charge on any atom is 0.329 e. The molecule has 0 saturated carbocycles. The minimum absolute atomic E-state index is 0.177. The molecule has 29 heavy (non-hydrogen) atoms. The number of hydrogen-bond donors (Lipinski definition) is 1. The van der Waals surface area contributed by atoms with Crippen LogP contribution in [0.5, 0.6) is 0 Å². The van der Waals surface area contributed by atoms with Gasteiger partial charge in [-0.3, -0.25) is 4.79 Å². The first-order chi connectivity index (χ1) is 14.1. The zero-order valence-electron chi connectivity index (χ0n) is 18.3. The van der Waals surface area contributed by atoms with Crippen molar-refractivity contribution in [2.45, 2.75) is 96.8 Å². The van der Waals surface area contributed by atoms with Gasteiger partial charge in [-0.05, 0) is 25.3 Å². The molecule has 0 heterocycles. The quantitative estimate of drug-likeness (QED) is 0.276. The Morgan fingerprint density at radius 1 is 0.759 bits per heavy atom. The van der Waals surface area contributed by atoms with Crippen LogP contribution >= 0.6 is 0 Å². The number of hydrogen-bond acceptors (Lipinski definition) is 3. The Hall–Kier alpha value is -1.68. The molecule has 0 amide bonds. The summed E-state index contributed by atoms with van der Waals surface area (Å²) in [5.41, 5.74) is 2.37. The first kappa shape index (κ1) is 25.4. The lowest BCUT2D eigenvalue weighted by atomic mass is 10.0. The third-order valence-electron chi connectivity index (χ3n) is 5.24. The van der Waals surface area contributed by atoms with Crippen LogP contribution in [0.25, 0.3) is 0 Å². The van der Waals surface area contributed by atoms with Gasteiger partial charge in [-0.1, -0.05) is 94.0 Å². The molecular formula is C25H40O4. The number of carbonyl (C=O) groups is 2. The van der Waals surface area contributed by atoms with E-state index >= 15 is 0 Å². The van der Waals surface area contributed by atoms with Gasteiger partial charge in [0.2, 0.25) is 0 Å². The molecule has 0 saturated heterocycles. The van der Waals surface area contributed by atoms with Gasteiger partial charge in [0.1, 0.15) is 12.4 Å². The van der Waals surface area contributed by atoms with Crippen LogP contribution in [0.1, 0.15) is 94.6 Å². The fraction of sp³-hybridized carbons (Fsp3) is 0.680. The first-order valence-corrected chi connectivity index (χ1v) is 11.4. The lowest BCUT2D eigenvalue weighted by Crippen LogP contribution is -2.07. The Morgan fingerprint density at radius 2 is 1.24 bits per heavy atom. The predicted octanol–water partition coefficient (Wildman–Crippen LogP) is 6.28. The monoisotopic (exact) mass is 404 g/mol. The van der Waals surface area contributed by atoms with Gasteiger partial charge in [-0.15, -0.1) is 0 Å². The van der Waals surface area contributed by atoms with Crippen LogP contribution in [0.3, 0.4) is 0 Å². The van der Waals surface area contributed by atoms with Gasteiger partial charge in [0.05, 0.1) is 0 Å². The van der Waals surface area contributed by atoms with Crippen LogP contribution in [-0.4, -0.2) is 30.1 Å². The second-order valence-corrected chi connectivity index (χ2v) is 8.14. The van der Waals surface area contributed by atoms with Crippen molar-refractivity contribution >= 4 is 11.8 Å². The van der Waals surface area contributed by atoms with E-state index in [-0.39, 0.29) is 6.61 Å². The summed E-state index contributed by atoms with van der Waals surface area (Å²) < 4.78 is 5.02. The second-order valence-electron chi connectivity index (χ2n) is 8.14. The minimum Gasteiger partial charge on any atom is -0.480 e. The Labute approximate surface area is 177 Å². The maximum absolute atomic E-state index is 12.0. The van der Waals surface area contributed by atoms with E-state index in [0.717, 1.165) is 31.2 Å². The lowest BCUT2D eigenvalue weighted by molar-refractivity contribution is -0.142. The largest absolute Gasteiger partial charge is 0.480 e. The highest BCUT2D eigenvalue weighted by atomic mass is 16.5. The molecule has 4 nitrogen and oxygen atoms in total. The normalized spacial score (nSPS) is 10.9. The van der Waals surface area contributed by atoms with Crippen molar-refractivity contribution in [2.75, 3.05) is 13.2 Å². The number of benzene rings is 1. The molecule has 1 aromatic carbocycles. The summed E-state index contributed by atoms with van der Waals surface area (Å²) >= 11 is 0. The van der Waals surface area contributed by atoms with E-state index in [2.05, 4.69) is 31.2 Å². The number of carboxylic acid groups (broad SMARTS) is 1. The minimum atomic E-state index is -0.892. The van der Waals surface area contributed by atoms with Crippen molar-refractivity contribution < 1.29 is 19.4 Å². The third kappa shape index (κ3) is 15.9. The van der Waals surface area contributed by atoms with Crippen LogP contribution in [0.4, 0.5) is 0 Å². The highest BCUT2D eigenvalue weighted by molar-refractivity contribution is 5.80. The molecule has 0 spiro atoms. The SMILES string of the molecule is Cc1ccc(CC(=O)CCCCCCCCCCCCCCOCC(=O)O)cc1. The summed E-state index contributed by atoms with van der Waals surface area (Å²) in [5, 5.41) is 8.46. The summed E-state index contributed by atoms with van der Waals surface area (Å²) in [7, 11) is 0. The number of aryl methyl sites for hydroxylation is 1. The van der Waals surface area contributed by atoms with Crippen molar-refractivity contribution in [3.8, 4) is 0 Å². The first-order valence-electron chi connectivity index (χ1n) is 11.4. The number of ether oxygens (including phenoxy) is 1. The van der Waals surface area contributed by atoms with Gasteiger partial charge in [0.25, 0.3) is 0 Å². The Bertz CT molecular complexity index is 550. The van der Waals surface area contributed by atoms with E-state index in [1.807, 2.05) is 0 Å². The number of carboxylic acids is 1.